The van der Waals surface area contributed by atoms with E-state index < -0.39 is 10.0 Å². The summed E-state index contributed by atoms with van der Waals surface area (Å²) in [7, 11) is -3.26. The zero-order chi connectivity index (χ0) is 21.8. The molecule has 6 nitrogen and oxygen atoms in total. The molecule has 1 rings (SSSR count). The van der Waals surface area contributed by atoms with E-state index in [1.165, 1.54) is 17.0 Å². The van der Waals surface area contributed by atoms with Gasteiger partial charge in [0.15, 0.2) is 0 Å². The molecule has 0 radical (unpaired) electrons. The summed E-state index contributed by atoms with van der Waals surface area (Å²) in [6, 6.07) is 0. The summed E-state index contributed by atoms with van der Waals surface area (Å²) in [5, 5.41) is 10.6. The number of nitrogens with zero attached hydrogens (tertiary/aromatic N) is 1. The Morgan fingerprint density at radius 3 is 2.41 bits per heavy atom. The predicted molar refractivity (Wildman–Crippen MR) is 117 cm³/mol. The van der Waals surface area contributed by atoms with E-state index in [9.17, 15) is 18.3 Å². The largest absolute Gasteiger partial charge is 0.466 e. The summed E-state index contributed by atoms with van der Waals surface area (Å²) in [5.74, 6) is -0.166. The molecule has 0 aromatic rings. The van der Waals surface area contributed by atoms with Gasteiger partial charge in [0.25, 0.3) is 0 Å². The second-order valence-electron chi connectivity index (χ2n) is 8.28. The minimum absolute atomic E-state index is 0.0825. The van der Waals surface area contributed by atoms with Crippen molar-refractivity contribution in [2.75, 3.05) is 26.0 Å². The third-order valence-corrected chi connectivity index (χ3v) is 7.22. The zero-order valence-electron chi connectivity index (χ0n) is 18.6. The lowest BCUT2D eigenvalue weighted by atomic mass is 9.62. The maximum atomic E-state index is 12.0. The quantitative estimate of drug-likeness (QED) is 0.226. The molecule has 1 aliphatic carbocycles. The molecule has 1 aliphatic rings. The van der Waals surface area contributed by atoms with Crippen molar-refractivity contribution < 1.29 is 23.1 Å². The van der Waals surface area contributed by atoms with Gasteiger partial charge in [0.2, 0.25) is 10.0 Å². The first-order valence-corrected chi connectivity index (χ1v) is 13.0. The first-order chi connectivity index (χ1) is 13.7. The van der Waals surface area contributed by atoms with Crippen molar-refractivity contribution in [3.8, 4) is 0 Å². The van der Waals surface area contributed by atoms with E-state index in [1.807, 2.05) is 12.2 Å². The van der Waals surface area contributed by atoms with E-state index in [4.69, 9.17) is 4.74 Å². The number of carbonyl (C=O) groups excluding carboxylic acids is 1. The number of unbranched alkanes of at least 4 members (excludes halogenated alkanes) is 3. The number of carbonyl (C=O) groups is 1. The number of rotatable bonds is 16. The van der Waals surface area contributed by atoms with E-state index in [1.54, 1.807) is 6.92 Å². The molecule has 0 spiro atoms. The molecule has 1 unspecified atom stereocenters. The predicted octanol–water partition coefficient (Wildman–Crippen LogP) is 4.04. The molecule has 0 bridgehead atoms. The molecule has 0 aromatic carbocycles. The molecule has 0 aromatic heterocycles. The lowest BCUT2D eigenvalue weighted by Crippen LogP contribution is -2.41. The van der Waals surface area contributed by atoms with Gasteiger partial charge in [0.1, 0.15) is 0 Å². The molecule has 1 N–H and O–H groups in total. The molecule has 0 heterocycles. The zero-order valence-corrected chi connectivity index (χ0v) is 19.4. The SMILES string of the molecule is CCCC1(C(O)CC=CCN(CCCCCCC(=O)OCC)S(C)(=O)=O)CCC1. The van der Waals surface area contributed by atoms with Crippen molar-refractivity contribution in [2.24, 2.45) is 5.41 Å². The van der Waals surface area contributed by atoms with Crippen LogP contribution in [0, 0.1) is 5.41 Å². The Balaban J connectivity index is 2.33. The van der Waals surface area contributed by atoms with Gasteiger partial charge >= 0.3 is 5.97 Å². The van der Waals surface area contributed by atoms with Crippen LogP contribution in [0.4, 0.5) is 0 Å². The standard InChI is InChI=1S/C22H41NO5S/c1-4-15-22(16-12-17-22)20(24)13-9-11-19-23(29(3,26)27)18-10-7-6-8-14-21(25)28-5-2/h9,11,20,24H,4-8,10,12-19H2,1-3H3. The third-order valence-electron chi connectivity index (χ3n) is 5.95. The highest BCUT2D eigenvalue weighted by Crippen LogP contribution is 2.48. The number of hydrogen-bond donors (Lipinski definition) is 1. The number of sulfonamides is 1. The Labute approximate surface area is 177 Å². The number of aliphatic hydroxyl groups is 1. The average Bonchev–Trinajstić information content (AvgIpc) is 2.61. The molecule has 0 amide bonds. The van der Waals surface area contributed by atoms with E-state index in [0.29, 0.717) is 32.5 Å². The maximum Gasteiger partial charge on any atom is 0.305 e. The fourth-order valence-electron chi connectivity index (χ4n) is 4.08. The third kappa shape index (κ3) is 9.62. The molecule has 1 fully saturated rings. The van der Waals surface area contributed by atoms with Crippen LogP contribution in [0.15, 0.2) is 12.2 Å². The minimum atomic E-state index is -3.26. The summed E-state index contributed by atoms with van der Waals surface area (Å²) < 4.78 is 30.4. The second-order valence-corrected chi connectivity index (χ2v) is 10.3. The van der Waals surface area contributed by atoms with Gasteiger partial charge in [-0.3, -0.25) is 4.79 Å². The number of esters is 1. The van der Waals surface area contributed by atoms with Gasteiger partial charge in [-0.25, -0.2) is 8.42 Å². The van der Waals surface area contributed by atoms with Gasteiger partial charge < -0.3 is 9.84 Å². The van der Waals surface area contributed by atoms with Crippen LogP contribution in [0.25, 0.3) is 0 Å². The van der Waals surface area contributed by atoms with Crippen LogP contribution in [-0.4, -0.2) is 55.9 Å². The minimum Gasteiger partial charge on any atom is -0.466 e. The molecule has 1 saturated carbocycles. The van der Waals surface area contributed by atoms with Crippen LogP contribution in [0.3, 0.4) is 0 Å². The maximum absolute atomic E-state index is 12.0. The smallest absolute Gasteiger partial charge is 0.305 e. The summed E-state index contributed by atoms with van der Waals surface area (Å²) in [6.07, 6.45) is 14.6. The fraction of sp³-hybridized carbons (Fsp3) is 0.864. The Kier molecular flexibility index (Phi) is 12.1. The molecule has 170 valence electrons. The first-order valence-electron chi connectivity index (χ1n) is 11.2. The molecular formula is C22H41NO5S. The summed E-state index contributed by atoms with van der Waals surface area (Å²) in [5.41, 5.74) is 0.0825. The molecular weight excluding hydrogens is 390 g/mol. The molecule has 1 atom stereocenters. The Morgan fingerprint density at radius 2 is 1.86 bits per heavy atom. The van der Waals surface area contributed by atoms with E-state index in [2.05, 4.69) is 6.92 Å². The Morgan fingerprint density at radius 1 is 1.17 bits per heavy atom. The first kappa shape index (κ1) is 26.1. The monoisotopic (exact) mass is 431 g/mol. The average molecular weight is 432 g/mol. The van der Waals surface area contributed by atoms with Crippen LogP contribution in [0.2, 0.25) is 0 Å². The van der Waals surface area contributed by atoms with Gasteiger partial charge in [0, 0.05) is 19.5 Å². The van der Waals surface area contributed by atoms with Crippen molar-refractivity contribution in [1.29, 1.82) is 0 Å². The second kappa shape index (κ2) is 13.4. The van der Waals surface area contributed by atoms with Gasteiger partial charge in [-0.15, -0.1) is 0 Å². The lowest BCUT2D eigenvalue weighted by Gasteiger charge is -2.45. The Bertz CT molecular complexity index is 598. The molecule has 29 heavy (non-hydrogen) atoms. The lowest BCUT2D eigenvalue weighted by molar-refractivity contribution is -0.143. The molecule has 0 saturated heterocycles. The number of ether oxygens (including phenoxy) is 1. The van der Waals surface area contributed by atoms with Gasteiger partial charge in [-0.2, -0.15) is 4.31 Å². The summed E-state index contributed by atoms with van der Waals surface area (Å²) >= 11 is 0. The highest BCUT2D eigenvalue weighted by Gasteiger charge is 2.41. The number of aliphatic hydroxyl groups excluding tert-OH is 1. The van der Waals surface area contributed by atoms with Gasteiger partial charge in [-0.05, 0) is 50.9 Å². The van der Waals surface area contributed by atoms with E-state index in [0.717, 1.165) is 51.4 Å². The van der Waals surface area contributed by atoms with Crippen LogP contribution < -0.4 is 0 Å². The highest BCUT2D eigenvalue weighted by molar-refractivity contribution is 7.88. The van der Waals surface area contributed by atoms with Crippen LogP contribution in [0.5, 0.6) is 0 Å². The summed E-state index contributed by atoms with van der Waals surface area (Å²) in [6.45, 7) is 5.18. The van der Waals surface area contributed by atoms with Crippen LogP contribution >= 0.6 is 0 Å². The van der Waals surface area contributed by atoms with Crippen molar-refractivity contribution in [1.82, 2.24) is 4.31 Å². The van der Waals surface area contributed by atoms with Crippen LogP contribution in [0.1, 0.15) is 84.5 Å². The van der Waals surface area contributed by atoms with Crippen molar-refractivity contribution in [3.05, 3.63) is 12.2 Å². The van der Waals surface area contributed by atoms with Crippen molar-refractivity contribution in [3.63, 3.8) is 0 Å². The molecule has 0 aliphatic heterocycles. The fourth-order valence-corrected chi connectivity index (χ4v) is 4.90. The summed E-state index contributed by atoms with van der Waals surface area (Å²) in [4.78, 5) is 11.3. The van der Waals surface area contributed by atoms with Crippen molar-refractivity contribution in [2.45, 2.75) is 90.6 Å². The van der Waals surface area contributed by atoms with Crippen molar-refractivity contribution >= 4 is 16.0 Å². The molecule has 7 heteroatoms. The van der Waals surface area contributed by atoms with Gasteiger partial charge in [0.05, 0.1) is 19.0 Å². The van der Waals surface area contributed by atoms with E-state index in [-0.39, 0.29) is 17.5 Å². The number of hydrogen-bond acceptors (Lipinski definition) is 5. The van der Waals surface area contributed by atoms with Crippen LogP contribution in [-0.2, 0) is 19.6 Å². The van der Waals surface area contributed by atoms with E-state index >= 15 is 0 Å². The topological polar surface area (TPSA) is 83.9 Å². The van der Waals surface area contributed by atoms with Gasteiger partial charge in [-0.1, -0.05) is 44.8 Å². The Hall–Kier alpha value is -0.920. The normalized spacial score (nSPS) is 17.4. The highest BCUT2D eigenvalue weighted by atomic mass is 32.2.